The molecule has 0 saturated carbocycles. The minimum absolute atomic E-state index is 0.0526. The zero-order valence-corrected chi connectivity index (χ0v) is 13.0. The number of carbonyl (C=O) groups is 1. The van der Waals surface area contributed by atoms with Crippen LogP contribution < -0.4 is 4.74 Å². The molecule has 0 fully saturated rings. The van der Waals surface area contributed by atoms with Crippen LogP contribution in [0.3, 0.4) is 0 Å². The van der Waals surface area contributed by atoms with Gasteiger partial charge in [-0.3, -0.25) is 4.98 Å². The maximum absolute atomic E-state index is 11.8. The van der Waals surface area contributed by atoms with Crippen LogP contribution in [0.25, 0.3) is 6.08 Å². The third-order valence-electron chi connectivity index (χ3n) is 3.01. The van der Waals surface area contributed by atoms with Gasteiger partial charge >= 0.3 is 5.97 Å². The van der Waals surface area contributed by atoms with Crippen molar-refractivity contribution in [1.29, 1.82) is 5.26 Å². The molecule has 24 heavy (non-hydrogen) atoms. The summed E-state index contributed by atoms with van der Waals surface area (Å²) in [6.45, 7) is 3.85. The standard InChI is InChI=1S/C19H16N2O3/c1-2-10-23-19(22)17(12-20)11-16-7-3-4-8-18(16)24-14-15-6-5-9-21-13-15/h2-9,11,13H,1,10,14H2. The number of hydrogen-bond acceptors (Lipinski definition) is 5. The zero-order valence-electron chi connectivity index (χ0n) is 13.0. The summed E-state index contributed by atoms with van der Waals surface area (Å²) in [6, 6.07) is 12.7. The van der Waals surface area contributed by atoms with Gasteiger partial charge < -0.3 is 9.47 Å². The van der Waals surface area contributed by atoms with Crippen LogP contribution in [0.2, 0.25) is 0 Å². The maximum Gasteiger partial charge on any atom is 0.349 e. The number of nitriles is 1. The van der Waals surface area contributed by atoms with Gasteiger partial charge in [0.1, 0.15) is 30.6 Å². The predicted molar refractivity (Wildman–Crippen MR) is 89.8 cm³/mol. The molecular weight excluding hydrogens is 304 g/mol. The van der Waals surface area contributed by atoms with Gasteiger partial charge in [-0.1, -0.05) is 36.9 Å². The van der Waals surface area contributed by atoms with Gasteiger partial charge in [-0.05, 0) is 18.2 Å². The van der Waals surface area contributed by atoms with Crippen LogP contribution in [0, 0.1) is 11.3 Å². The summed E-state index contributed by atoms with van der Waals surface area (Å²) in [5.41, 5.74) is 1.44. The van der Waals surface area contributed by atoms with Crippen LogP contribution in [-0.2, 0) is 16.1 Å². The van der Waals surface area contributed by atoms with Crippen LogP contribution >= 0.6 is 0 Å². The largest absolute Gasteiger partial charge is 0.488 e. The molecule has 0 atom stereocenters. The van der Waals surface area contributed by atoms with Gasteiger partial charge in [0.25, 0.3) is 0 Å². The number of nitrogens with zero attached hydrogens (tertiary/aromatic N) is 2. The molecule has 5 nitrogen and oxygen atoms in total. The monoisotopic (exact) mass is 320 g/mol. The normalized spacial score (nSPS) is 10.5. The average molecular weight is 320 g/mol. The number of carbonyl (C=O) groups excluding carboxylic acids is 1. The molecule has 5 heteroatoms. The lowest BCUT2D eigenvalue weighted by atomic mass is 10.1. The Morgan fingerprint density at radius 3 is 2.83 bits per heavy atom. The van der Waals surface area contributed by atoms with Gasteiger partial charge in [-0.25, -0.2) is 4.79 Å². The van der Waals surface area contributed by atoms with Crippen molar-refractivity contribution in [2.45, 2.75) is 6.61 Å². The molecule has 120 valence electrons. The van der Waals surface area contributed by atoms with E-state index in [0.29, 0.717) is 17.9 Å². The smallest absolute Gasteiger partial charge is 0.349 e. The van der Waals surface area contributed by atoms with E-state index < -0.39 is 5.97 Å². The fourth-order valence-electron chi connectivity index (χ4n) is 1.88. The van der Waals surface area contributed by atoms with E-state index in [1.807, 2.05) is 24.3 Å². The second-order valence-corrected chi connectivity index (χ2v) is 4.74. The highest BCUT2D eigenvalue weighted by molar-refractivity contribution is 5.98. The van der Waals surface area contributed by atoms with Crippen molar-refractivity contribution in [2.75, 3.05) is 6.61 Å². The minimum Gasteiger partial charge on any atom is -0.488 e. The Labute approximate surface area is 140 Å². The molecule has 0 radical (unpaired) electrons. The molecule has 0 amide bonds. The summed E-state index contributed by atoms with van der Waals surface area (Å²) < 4.78 is 10.7. The van der Waals surface area contributed by atoms with Gasteiger partial charge in [-0.15, -0.1) is 0 Å². The van der Waals surface area contributed by atoms with Crippen LogP contribution in [0.5, 0.6) is 5.75 Å². The van der Waals surface area contributed by atoms with E-state index >= 15 is 0 Å². The van der Waals surface area contributed by atoms with Crippen molar-refractivity contribution in [3.05, 3.63) is 78.1 Å². The number of aromatic nitrogens is 1. The van der Waals surface area contributed by atoms with Crippen LogP contribution in [0.4, 0.5) is 0 Å². The third kappa shape index (κ3) is 4.82. The quantitative estimate of drug-likeness (QED) is 0.339. The highest BCUT2D eigenvalue weighted by atomic mass is 16.5. The molecule has 1 heterocycles. The second kappa shape index (κ2) is 8.91. The van der Waals surface area contributed by atoms with E-state index in [9.17, 15) is 4.79 Å². The van der Waals surface area contributed by atoms with Crippen molar-refractivity contribution in [3.63, 3.8) is 0 Å². The molecular formula is C19H16N2O3. The number of rotatable bonds is 7. The first-order valence-corrected chi connectivity index (χ1v) is 7.25. The zero-order chi connectivity index (χ0) is 17.2. The highest BCUT2D eigenvalue weighted by Crippen LogP contribution is 2.22. The molecule has 2 aromatic rings. The Balaban J connectivity index is 2.18. The van der Waals surface area contributed by atoms with Crippen molar-refractivity contribution >= 4 is 12.0 Å². The Bertz CT molecular complexity index is 777. The molecule has 1 aromatic heterocycles. The number of hydrogen-bond donors (Lipinski definition) is 0. The first kappa shape index (κ1) is 17.0. The van der Waals surface area contributed by atoms with E-state index in [0.717, 1.165) is 5.56 Å². The summed E-state index contributed by atoms with van der Waals surface area (Å²) in [5, 5.41) is 9.16. The van der Waals surface area contributed by atoms with E-state index in [1.54, 1.807) is 30.6 Å². The molecule has 0 unspecified atom stereocenters. The molecule has 0 bridgehead atoms. The van der Waals surface area contributed by atoms with Gasteiger partial charge in [0.05, 0.1) is 0 Å². The first-order chi connectivity index (χ1) is 11.7. The minimum atomic E-state index is -0.695. The number of esters is 1. The summed E-state index contributed by atoms with van der Waals surface area (Å²) in [5.74, 6) is -0.134. The van der Waals surface area contributed by atoms with Gasteiger partial charge in [0, 0.05) is 23.5 Å². The van der Waals surface area contributed by atoms with Crippen LogP contribution in [0.1, 0.15) is 11.1 Å². The summed E-state index contributed by atoms with van der Waals surface area (Å²) in [4.78, 5) is 15.8. The maximum atomic E-state index is 11.8. The molecule has 0 aliphatic rings. The van der Waals surface area contributed by atoms with Gasteiger partial charge in [0.15, 0.2) is 0 Å². The molecule has 0 N–H and O–H groups in total. The van der Waals surface area contributed by atoms with E-state index in [1.165, 1.54) is 12.2 Å². The number of pyridine rings is 1. The lowest BCUT2D eigenvalue weighted by Crippen LogP contribution is -2.06. The Morgan fingerprint density at radius 2 is 2.12 bits per heavy atom. The molecule has 0 saturated heterocycles. The summed E-state index contributed by atoms with van der Waals surface area (Å²) in [6.07, 6.45) is 6.29. The Kier molecular flexibility index (Phi) is 6.30. The van der Waals surface area contributed by atoms with Crippen molar-refractivity contribution in [3.8, 4) is 11.8 Å². The van der Waals surface area contributed by atoms with Crippen LogP contribution in [0.15, 0.2) is 67.0 Å². The topological polar surface area (TPSA) is 72.2 Å². The molecule has 0 aliphatic carbocycles. The fourth-order valence-corrected chi connectivity index (χ4v) is 1.88. The summed E-state index contributed by atoms with van der Waals surface area (Å²) in [7, 11) is 0. The third-order valence-corrected chi connectivity index (χ3v) is 3.01. The van der Waals surface area contributed by atoms with Crippen molar-refractivity contribution in [2.24, 2.45) is 0 Å². The van der Waals surface area contributed by atoms with Crippen molar-refractivity contribution < 1.29 is 14.3 Å². The summed E-state index contributed by atoms with van der Waals surface area (Å²) >= 11 is 0. The van der Waals surface area contributed by atoms with Crippen LogP contribution in [-0.4, -0.2) is 17.6 Å². The first-order valence-electron chi connectivity index (χ1n) is 7.25. The lowest BCUT2D eigenvalue weighted by molar-refractivity contribution is -0.137. The van der Waals surface area contributed by atoms with E-state index in [-0.39, 0.29) is 12.2 Å². The number of para-hydroxylation sites is 1. The van der Waals surface area contributed by atoms with E-state index in [2.05, 4.69) is 11.6 Å². The predicted octanol–water partition coefficient (Wildman–Crippen LogP) is 3.30. The average Bonchev–Trinajstić information content (AvgIpc) is 2.64. The lowest BCUT2D eigenvalue weighted by Gasteiger charge is -2.09. The van der Waals surface area contributed by atoms with Crippen molar-refractivity contribution in [1.82, 2.24) is 4.98 Å². The SMILES string of the molecule is C=CCOC(=O)C(C#N)=Cc1ccccc1OCc1cccnc1. The Hall–Kier alpha value is -3.39. The molecule has 0 spiro atoms. The molecule has 0 aliphatic heterocycles. The van der Waals surface area contributed by atoms with Gasteiger partial charge in [0.2, 0.25) is 0 Å². The fraction of sp³-hybridized carbons (Fsp3) is 0.105. The van der Waals surface area contributed by atoms with Gasteiger partial charge in [-0.2, -0.15) is 5.26 Å². The number of benzene rings is 1. The number of ether oxygens (including phenoxy) is 2. The second-order valence-electron chi connectivity index (χ2n) is 4.74. The van der Waals surface area contributed by atoms with E-state index in [4.69, 9.17) is 14.7 Å². The molecule has 2 rings (SSSR count). The molecule has 1 aromatic carbocycles. The highest BCUT2D eigenvalue weighted by Gasteiger charge is 2.11. The Morgan fingerprint density at radius 1 is 1.29 bits per heavy atom.